The van der Waals surface area contributed by atoms with Gasteiger partial charge in [-0.15, -0.1) is 0 Å². The van der Waals surface area contributed by atoms with Gasteiger partial charge in [0, 0.05) is 17.7 Å². The number of phenols is 1. The van der Waals surface area contributed by atoms with Crippen LogP contribution in [0, 0.1) is 13.8 Å². The van der Waals surface area contributed by atoms with Crippen LogP contribution in [-0.4, -0.2) is 14.9 Å². The van der Waals surface area contributed by atoms with Crippen LogP contribution in [0.2, 0.25) is 0 Å². The van der Waals surface area contributed by atoms with Gasteiger partial charge in [0.2, 0.25) is 0 Å². The third-order valence-corrected chi connectivity index (χ3v) is 3.80. The minimum absolute atomic E-state index is 0.337. The molecule has 0 unspecified atom stereocenters. The molecule has 106 valence electrons. The third-order valence-electron chi connectivity index (χ3n) is 3.80. The molecule has 0 aliphatic rings. The van der Waals surface area contributed by atoms with E-state index in [-0.39, 0.29) is 0 Å². The molecule has 3 aromatic rings. The van der Waals surface area contributed by atoms with Crippen molar-refractivity contribution in [1.82, 2.24) is 9.78 Å². The molecule has 0 fully saturated rings. The first kappa shape index (κ1) is 13.4. The van der Waals surface area contributed by atoms with Gasteiger partial charge >= 0.3 is 0 Å². The molecule has 3 nitrogen and oxygen atoms in total. The van der Waals surface area contributed by atoms with Gasteiger partial charge in [-0.2, -0.15) is 5.10 Å². The first-order valence-corrected chi connectivity index (χ1v) is 7.04. The molecule has 0 spiro atoms. The lowest BCUT2D eigenvalue weighted by molar-refractivity contribution is 0.469. The highest BCUT2D eigenvalue weighted by Crippen LogP contribution is 2.24. The highest BCUT2D eigenvalue weighted by Gasteiger charge is 2.14. The largest absolute Gasteiger partial charge is 0.508 e. The maximum atomic E-state index is 9.95. The van der Waals surface area contributed by atoms with Crippen LogP contribution in [0.5, 0.6) is 5.75 Å². The quantitative estimate of drug-likeness (QED) is 0.791. The number of rotatable bonds is 3. The van der Waals surface area contributed by atoms with Gasteiger partial charge < -0.3 is 5.11 Å². The Hall–Kier alpha value is -2.55. The average molecular weight is 278 g/mol. The van der Waals surface area contributed by atoms with Crippen molar-refractivity contribution in [3.8, 4) is 11.4 Å². The van der Waals surface area contributed by atoms with Crippen molar-refractivity contribution >= 4 is 0 Å². The number of nitrogens with zero attached hydrogens (tertiary/aromatic N) is 2. The molecular weight excluding hydrogens is 260 g/mol. The maximum Gasteiger partial charge on any atom is 0.119 e. The van der Waals surface area contributed by atoms with Crippen LogP contribution in [0.25, 0.3) is 5.69 Å². The van der Waals surface area contributed by atoms with Crippen LogP contribution in [0.1, 0.15) is 22.5 Å². The average Bonchev–Trinajstić information content (AvgIpc) is 2.78. The van der Waals surface area contributed by atoms with Gasteiger partial charge in [-0.1, -0.05) is 36.4 Å². The first-order valence-electron chi connectivity index (χ1n) is 7.04. The van der Waals surface area contributed by atoms with E-state index in [2.05, 4.69) is 12.0 Å². The van der Waals surface area contributed by atoms with Crippen LogP contribution in [0.4, 0.5) is 0 Å². The molecular formula is C18H18N2O. The number of phenolic OH excluding ortho intramolecular Hbond substituents is 1. The van der Waals surface area contributed by atoms with Crippen molar-refractivity contribution in [1.29, 1.82) is 0 Å². The van der Waals surface area contributed by atoms with Crippen molar-refractivity contribution < 1.29 is 5.11 Å². The van der Waals surface area contributed by atoms with E-state index in [0.717, 1.165) is 22.6 Å². The predicted octanol–water partition coefficient (Wildman–Crippen LogP) is 3.79. The minimum Gasteiger partial charge on any atom is -0.508 e. The Bertz CT molecular complexity index is 760. The number of hydrogen-bond acceptors (Lipinski definition) is 2. The second-order valence-corrected chi connectivity index (χ2v) is 5.20. The van der Waals surface area contributed by atoms with E-state index in [1.54, 1.807) is 6.07 Å². The van der Waals surface area contributed by atoms with Crippen LogP contribution in [0.3, 0.4) is 0 Å². The van der Waals surface area contributed by atoms with Crippen molar-refractivity contribution in [3.05, 3.63) is 77.1 Å². The van der Waals surface area contributed by atoms with Crippen molar-refractivity contribution in [3.63, 3.8) is 0 Å². The Kier molecular flexibility index (Phi) is 3.48. The van der Waals surface area contributed by atoms with E-state index in [9.17, 15) is 5.11 Å². The molecule has 3 heteroatoms. The lowest BCUT2D eigenvalue weighted by Gasteiger charge is -2.06. The number of aryl methyl sites for hydroxylation is 1. The SMILES string of the molecule is Cc1nn(-c2ccccc2)c(C)c1Cc1ccccc1O. The second kappa shape index (κ2) is 5.44. The zero-order valence-corrected chi connectivity index (χ0v) is 12.2. The fourth-order valence-corrected chi connectivity index (χ4v) is 2.60. The highest BCUT2D eigenvalue weighted by atomic mass is 16.3. The summed E-state index contributed by atoms with van der Waals surface area (Å²) in [6.07, 6.45) is 0.692. The Labute approximate surface area is 124 Å². The smallest absolute Gasteiger partial charge is 0.119 e. The second-order valence-electron chi connectivity index (χ2n) is 5.20. The van der Waals surface area contributed by atoms with E-state index in [4.69, 9.17) is 0 Å². The van der Waals surface area contributed by atoms with E-state index < -0.39 is 0 Å². The molecule has 0 saturated carbocycles. The van der Waals surface area contributed by atoms with Gasteiger partial charge in [0.1, 0.15) is 5.75 Å². The summed E-state index contributed by atoms with van der Waals surface area (Å²) in [5.41, 5.74) is 5.26. The molecule has 1 aromatic heterocycles. The Balaban J connectivity index is 2.01. The fraction of sp³-hybridized carbons (Fsp3) is 0.167. The zero-order chi connectivity index (χ0) is 14.8. The topological polar surface area (TPSA) is 38.0 Å². The number of hydrogen-bond donors (Lipinski definition) is 1. The van der Waals surface area contributed by atoms with E-state index in [1.807, 2.05) is 60.1 Å². The van der Waals surface area contributed by atoms with Crippen LogP contribution < -0.4 is 0 Å². The molecule has 0 bridgehead atoms. The maximum absolute atomic E-state index is 9.95. The molecule has 3 rings (SSSR count). The highest BCUT2D eigenvalue weighted by molar-refractivity contribution is 5.42. The third kappa shape index (κ3) is 2.55. The number of aromatic nitrogens is 2. The Morgan fingerprint density at radius 3 is 2.33 bits per heavy atom. The molecule has 1 N–H and O–H groups in total. The lowest BCUT2D eigenvalue weighted by atomic mass is 10.0. The zero-order valence-electron chi connectivity index (χ0n) is 12.2. The molecule has 0 aliphatic carbocycles. The van der Waals surface area contributed by atoms with Crippen LogP contribution in [0.15, 0.2) is 54.6 Å². The van der Waals surface area contributed by atoms with E-state index >= 15 is 0 Å². The number of aromatic hydroxyl groups is 1. The Morgan fingerprint density at radius 2 is 1.62 bits per heavy atom. The first-order chi connectivity index (χ1) is 10.2. The summed E-state index contributed by atoms with van der Waals surface area (Å²) < 4.78 is 1.96. The van der Waals surface area contributed by atoms with Gasteiger partial charge in [0.05, 0.1) is 11.4 Å². The van der Waals surface area contributed by atoms with Crippen LogP contribution >= 0.6 is 0 Å². The number of benzene rings is 2. The summed E-state index contributed by atoms with van der Waals surface area (Å²) in [5.74, 6) is 0.337. The molecule has 0 atom stereocenters. The van der Waals surface area contributed by atoms with Gasteiger partial charge in [0.25, 0.3) is 0 Å². The standard InChI is InChI=1S/C18H18N2O/c1-13-17(12-15-8-6-7-11-18(15)21)14(2)20(19-13)16-9-4-3-5-10-16/h3-11,21H,12H2,1-2H3. The van der Waals surface area contributed by atoms with Crippen LogP contribution in [-0.2, 0) is 6.42 Å². The van der Waals surface area contributed by atoms with E-state index in [1.165, 1.54) is 5.56 Å². The summed E-state index contributed by atoms with van der Waals surface area (Å²) in [6.45, 7) is 4.09. The van der Waals surface area contributed by atoms with Gasteiger partial charge in [-0.25, -0.2) is 4.68 Å². The molecule has 0 radical (unpaired) electrons. The Morgan fingerprint density at radius 1 is 0.952 bits per heavy atom. The molecule has 1 heterocycles. The minimum atomic E-state index is 0.337. The molecule has 0 amide bonds. The van der Waals surface area contributed by atoms with Crippen molar-refractivity contribution in [2.24, 2.45) is 0 Å². The molecule has 0 aliphatic heterocycles. The summed E-state index contributed by atoms with van der Waals surface area (Å²) in [6, 6.07) is 17.6. The van der Waals surface area contributed by atoms with Gasteiger partial charge in [-0.05, 0) is 37.6 Å². The summed E-state index contributed by atoms with van der Waals surface area (Å²) in [4.78, 5) is 0. The summed E-state index contributed by atoms with van der Waals surface area (Å²) in [7, 11) is 0. The monoisotopic (exact) mass is 278 g/mol. The van der Waals surface area contributed by atoms with Gasteiger partial charge in [-0.3, -0.25) is 0 Å². The lowest BCUT2D eigenvalue weighted by Crippen LogP contribution is -1.99. The fourth-order valence-electron chi connectivity index (χ4n) is 2.60. The predicted molar refractivity (Wildman–Crippen MR) is 84.0 cm³/mol. The molecule has 0 saturated heterocycles. The summed E-state index contributed by atoms with van der Waals surface area (Å²) in [5, 5.41) is 14.6. The molecule has 21 heavy (non-hydrogen) atoms. The molecule has 2 aromatic carbocycles. The number of para-hydroxylation sites is 2. The normalized spacial score (nSPS) is 10.8. The van der Waals surface area contributed by atoms with Crippen molar-refractivity contribution in [2.75, 3.05) is 0 Å². The van der Waals surface area contributed by atoms with Gasteiger partial charge in [0.15, 0.2) is 0 Å². The summed E-state index contributed by atoms with van der Waals surface area (Å²) >= 11 is 0. The van der Waals surface area contributed by atoms with Crippen molar-refractivity contribution in [2.45, 2.75) is 20.3 Å². The van der Waals surface area contributed by atoms with E-state index in [0.29, 0.717) is 12.2 Å².